The Morgan fingerprint density at radius 1 is 0.976 bits per heavy atom. The van der Waals surface area contributed by atoms with Gasteiger partial charge in [-0.3, -0.25) is 13.9 Å². The number of benzene rings is 3. The highest BCUT2D eigenvalue weighted by Crippen LogP contribution is 2.48. The topological polar surface area (TPSA) is 93.6 Å². The third-order valence-corrected chi connectivity index (χ3v) is 9.06. The van der Waals surface area contributed by atoms with Gasteiger partial charge in [0.1, 0.15) is 0 Å². The number of amides is 1. The van der Waals surface area contributed by atoms with Crippen LogP contribution in [-0.4, -0.2) is 21.6 Å². The first-order chi connectivity index (χ1) is 19.8. The predicted molar refractivity (Wildman–Crippen MR) is 161 cm³/mol. The predicted octanol–water partition coefficient (Wildman–Crippen LogP) is 7.95. The minimum absolute atomic E-state index is 0.140. The smallest absolute Gasteiger partial charge is 0.349 e. The molecule has 3 aromatic carbocycles. The van der Waals surface area contributed by atoms with Gasteiger partial charge in [0.25, 0.3) is 0 Å². The molecule has 0 aliphatic heterocycles. The van der Waals surface area contributed by atoms with E-state index in [1.807, 2.05) is 0 Å². The van der Waals surface area contributed by atoms with E-state index in [2.05, 4.69) is 54.3 Å². The van der Waals surface area contributed by atoms with E-state index in [9.17, 15) is 27.1 Å². The zero-order chi connectivity index (χ0) is 30.5. The zero-order valence-electron chi connectivity index (χ0n) is 24.1. The fraction of sp³-hybridized carbons (Fsp3) is 0.406. The molecule has 0 saturated carbocycles. The Kier molecular flexibility index (Phi) is 10.4. The van der Waals surface area contributed by atoms with Crippen LogP contribution in [0.3, 0.4) is 0 Å². The standard InChI is InChI=1S/C32H40F3N3O3S/c1-21(2)20-36-22(3)24-15-16-28-25(17-24)11-7-14-29(28)37-31(39)19-30(23-9-5-4-6-10-23)38-42(40,41)27-13-8-12-26(18-27)32(33,34)35/h4-6,8-10,12-13,15-18,21-22,29-30,36,38,40-41H,7,11,14,19-20H2,1-3H3,(H,37,39)/t22-,29+,30+/m0/s1. The summed E-state index contributed by atoms with van der Waals surface area (Å²) in [5.41, 5.74) is 3.11. The molecule has 0 bridgehead atoms. The number of halogens is 3. The Bertz CT molecular complexity index is 1350. The van der Waals surface area contributed by atoms with Crippen molar-refractivity contribution >= 4 is 16.7 Å². The van der Waals surface area contributed by atoms with Crippen LogP contribution in [-0.2, 0) is 17.4 Å². The van der Waals surface area contributed by atoms with Gasteiger partial charge >= 0.3 is 6.18 Å². The van der Waals surface area contributed by atoms with Crippen molar-refractivity contribution < 1.29 is 27.1 Å². The SMILES string of the molecule is CC(C)CN[C@@H](C)c1ccc2c(c1)CCC[C@H]2NC(=O)C[C@@H](NS(O)(O)c1cccc(C(F)(F)F)c1)c1ccccc1. The van der Waals surface area contributed by atoms with Crippen molar-refractivity contribution in [3.8, 4) is 0 Å². The molecule has 0 fully saturated rings. The molecule has 3 aromatic rings. The molecule has 0 spiro atoms. The van der Waals surface area contributed by atoms with E-state index < -0.39 is 28.6 Å². The lowest BCUT2D eigenvalue weighted by Crippen LogP contribution is -2.35. The molecule has 0 unspecified atom stereocenters. The van der Waals surface area contributed by atoms with Gasteiger partial charge in [0.15, 0.2) is 0 Å². The second kappa shape index (κ2) is 13.6. The van der Waals surface area contributed by atoms with Crippen molar-refractivity contribution in [2.45, 2.75) is 75.7 Å². The number of rotatable bonds is 11. The fourth-order valence-electron chi connectivity index (χ4n) is 5.25. The second-order valence-corrected chi connectivity index (χ2v) is 13.2. The molecule has 10 heteroatoms. The maximum absolute atomic E-state index is 13.4. The molecule has 1 aliphatic carbocycles. The molecular formula is C32H40F3N3O3S. The Balaban J connectivity index is 1.50. The highest BCUT2D eigenvalue weighted by atomic mass is 32.3. The normalized spacial score (nSPS) is 17.4. The summed E-state index contributed by atoms with van der Waals surface area (Å²) in [5, 5.41) is 6.68. The van der Waals surface area contributed by atoms with Crippen LogP contribution in [0.5, 0.6) is 0 Å². The van der Waals surface area contributed by atoms with Gasteiger partial charge in [-0.2, -0.15) is 13.2 Å². The molecule has 0 radical (unpaired) electrons. The van der Waals surface area contributed by atoms with Gasteiger partial charge < -0.3 is 10.6 Å². The first-order valence-corrected chi connectivity index (χ1v) is 15.8. The van der Waals surface area contributed by atoms with Crippen LogP contribution in [0.1, 0.15) is 86.0 Å². The summed E-state index contributed by atoms with van der Waals surface area (Å²) in [6, 6.07) is 18.3. The van der Waals surface area contributed by atoms with Crippen LogP contribution < -0.4 is 15.4 Å². The molecular weight excluding hydrogens is 563 g/mol. The van der Waals surface area contributed by atoms with Gasteiger partial charge in [-0.1, -0.05) is 68.4 Å². The Morgan fingerprint density at radius 2 is 1.71 bits per heavy atom. The highest BCUT2D eigenvalue weighted by molar-refractivity contribution is 8.22. The van der Waals surface area contributed by atoms with Crippen LogP contribution in [0.25, 0.3) is 0 Å². The summed E-state index contributed by atoms with van der Waals surface area (Å²) < 4.78 is 64.4. The van der Waals surface area contributed by atoms with Crippen LogP contribution in [0.15, 0.2) is 77.7 Å². The van der Waals surface area contributed by atoms with E-state index in [1.54, 1.807) is 30.3 Å². The van der Waals surface area contributed by atoms with E-state index in [0.29, 0.717) is 11.5 Å². The van der Waals surface area contributed by atoms with E-state index in [-0.39, 0.29) is 29.3 Å². The van der Waals surface area contributed by atoms with Crippen LogP contribution >= 0.6 is 10.8 Å². The first kappa shape index (κ1) is 32.0. The van der Waals surface area contributed by atoms with Crippen LogP contribution in [0, 0.1) is 5.92 Å². The molecule has 1 amide bonds. The minimum Gasteiger partial charge on any atom is -0.349 e. The van der Waals surface area contributed by atoms with Crippen LogP contribution in [0.2, 0.25) is 0 Å². The van der Waals surface area contributed by atoms with Crippen molar-refractivity contribution in [1.82, 2.24) is 15.4 Å². The van der Waals surface area contributed by atoms with E-state index in [1.165, 1.54) is 17.2 Å². The Morgan fingerprint density at radius 3 is 2.40 bits per heavy atom. The number of carbonyl (C=O) groups is 1. The van der Waals surface area contributed by atoms with Crippen molar-refractivity contribution in [1.29, 1.82) is 0 Å². The number of nitrogens with one attached hydrogen (secondary N) is 3. The average molecular weight is 604 g/mol. The summed E-state index contributed by atoms with van der Waals surface area (Å²) in [5.74, 6) is 0.247. The van der Waals surface area contributed by atoms with E-state index in [0.717, 1.165) is 49.6 Å². The Labute approximate surface area is 247 Å². The second-order valence-electron chi connectivity index (χ2n) is 11.4. The number of hydrogen-bond donors (Lipinski definition) is 5. The molecule has 3 atom stereocenters. The summed E-state index contributed by atoms with van der Waals surface area (Å²) in [7, 11) is -3.88. The molecule has 5 N–H and O–H groups in total. The molecule has 0 saturated heterocycles. The third-order valence-electron chi connectivity index (χ3n) is 7.54. The van der Waals surface area contributed by atoms with E-state index in [4.69, 9.17) is 0 Å². The number of aryl methyl sites for hydroxylation is 1. The van der Waals surface area contributed by atoms with Gasteiger partial charge in [0.2, 0.25) is 5.91 Å². The molecule has 228 valence electrons. The maximum Gasteiger partial charge on any atom is 0.416 e. The lowest BCUT2D eigenvalue weighted by Gasteiger charge is -2.37. The molecule has 4 rings (SSSR count). The van der Waals surface area contributed by atoms with Crippen LogP contribution in [0.4, 0.5) is 13.2 Å². The minimum atomic E-state index is -4.63. The lowest BCUT2D eigenvalue weighted by molar-refractivity contribution is -0.137. The summed E-state index contributed by atoms with van der Waals surface area (Å²) in [6.07, 6.45) is -2.14. The number of fused-ring (bicyclic) bond motifs is 1. The summed E-state index contributed by atoms with van der Waals surface area (Å²) >= 11 is 0. The van der Waals surface area contributed by atoms with Gasteiger partial charge in [0, 0.05) is 12.5 Å². The molecule has 1 aliphatic rings. The molecule has 0 aromatic heterocycles. The largest absolute Gasteiger partial charge is 0.416 e. The lowest BCUT2D eigenvalue weighted by atomic mass is 9.85. The molecule has 42 heavy (non-hydrogen) atoms. The van der Waals surface area contributed by atoms with Gasteiger partial charge in [-0.15, -0.1) is 10.8 Å². The van der Waals surface area contributed by atoms with Crippen molar-refractivity contribution in [2.75, 3.05) is 6.54 Å². The van der Waals surface area contributed by atoms with Crippen molar-refractivity contribution in [2.24, 2.45) is 5.92 Å². The fourth-order valence-corrected chi connectivity index (χ4v) is 6.56. The first-order valence-electron chi connectivity index (χ1n) is 14.3. The number of carbonyl (C=O) groups excluding carboxylic acids is 1. The quantitative estimate of drug-likeness (QED) is 0.153. The number of hydrogen-bond acceptors (Lipinski definition) is 5. The highest BCUT2D eigenvalue weighted by Gasteiger charge is 2.33. The maximum atomic E-state index is 13.4. The van der Waals surface area contributed by atoms with Crippen molar-refractivity contribution in [3.63, 3.8) is 0 Å². The number of alkyl halides is 3. The average Bonchev–Trinajstić information content (AvgIpc) is 2.95. The van der Waals surface area contributed by atoms with Gasteiger partial charge in [-0.05, 0) is 79.1 Å². The summed E-state index contributed by atoms with van der Waals surface area (Å²) in [6.45, 7) is 7.41. The molecule has 0 heterocycles. The zero-order valence-corrected chi connectivity index (χ0v) is 24.9. The molecule has 6 nitrogen and oxygen atoms in total. The summed E-state index contributed by atoms with van der Waals surface area (Å²) in [4.78, 5) is 13.1. The van der Waals surface area contributed by atoms with Gasteiger partial charge in [-0.25, -0.2) is 4.72 Å². The van der Waals surface area contributed by atoms with E-state index >= 15 is 0 Å². The van der Waals surface area contributed by atoms with Crippen molar-refractivity contribution in [3.05, 3.63) is 101 Å². The third kappa shape index (κ3) is 8.35. The Hall–Kier alpha value is -2.89. The monoisotopic (exact) mass is 603 g/mol. The van der Waals surface area contributed by atoms with Gasteiger partial charge in [0.05, 0.1) is 22.5 Å².